The van der Waals surface area contributed by atoms with Gasteiger partial charge < -0.3 is 5.32 Å². The summed E-state index contributed by atoms with van der Waals surface area (Å²) in [5, 5.41) is 6.89. The lowest BCUT2D eigenvalue weighted by Crippen LogP contribution is -2.19. The normalized spacial score (nSPS) is 11.9. The Morgan fingerprint density at radius 3 is 2.48 bits per heavy atom. The summed E-state index contributed by atoms with van der Waals surface area (Å²) in [5.74, 6) is 0. The van der Waals surface area contributed by atoms with Crippen molar-refractivity contribution < 1.29 is 13.2 Å². The maximum absolute atomic E-state index is 13.4. The van der Waals surface area contributed by atoms with Gasteiger partial charge in [-0.2, -0.15) is 18.3 Å². The van der Waals surface area contributed by atoms with Crippen molar-refractivity contribution in [1.82, 2.24) is 15.1 Å². The summed E-state index contributed by atoms with van der Waals surface area (Å²) in [6.45, 7) is 4.52. The van der Waals surface area contributed by atoms with E-state index in [0.717, 1.165) is 10.2 Å². The highest BCUT2D eigenvalue weighted by atomic mass is 19.4. The van der Waals surface area contributed by atoms with Crippen LogP contribution in [0.2, 0.25) is 0 Å². The molecule has 0 bridgehead atoms. The fraction of sp³-hybridized carbons (Fsp3) is 0.400. The first-order valence-corrected chi connectivity index (χ1v) is 6.92. The quantitative estimate of drug-likeness (QED) is 0.914. The summed E-state index contributed by atoms with van der Waals surface area (Å²) in [6.07, 6.45) is -2.50. The van der Waals surface area contributed by atoms with Crippen LogP contribution in [0.25, 0.3) is 5.69 Å². The summed E-state index contributed by atoms with van der Waals surface area (Å²) in [5.41, 5.74) is 0.774. The molecule has 114 valence electrons. The fourth-order valence-electron chi connectivity index (χ4n) is 2.27. The van der Waals surface area contributed by atoms with E-state index in [4.69, 9.17) is 0 Å². The predicted molar refractivity (Wildman–Crippen MR) is 75.3 cm³/mol. The Bertz CT molecular complexity index is 602. The highest BCUT2D eigenvalue weighted by Crippen LogP contribution is 2.34. The van der Waals surface area contributed by atoms with Gasteiger partial charge in [-0.05, 0) is 24.6 Å². The maximum Gasteiger partial charge on any atom is 0.433 e. The second-order valence-corrected chi connectivity index (χ2v) is 4.69. The summed E-state index contributed by atoms with van der Waals surface area (Å²) in [6, 6.07) is 7.03. The molecule has 0 unspecified atom stereocenters. The number of halogens is 3. The Kier molecular flexibility index (Phi) is 4.67. The minimum atomic E-state index is -4.44. The van der Waals surface area contributed by atoms with Crippen LogP contribution < -0.4 is 5.32 Å². The summed E-state index contributed by atoms with van der Waals surface area (Å²) in [4.78, 5) is 0. The van der Waals surface area contributed by atoms with Gasteiger partial charge in [0.1, 0.15) is 0 Å². The van der Waals surface area contributed by atoms with Crippen LogP contribution in [-0.4, -0.2) is 16.3 Å². The number of hydrogen-bond donors (Lipinski definition) is 1. The third-order valence-electron chi connectivity index (χ3n) is 3.28. The van der Waals surface area contributed by atoms with Gasteiger partial charge in [-0.3, -0.25) is 0 Å². The molecule has 1 aromatic carbocycles. The zero-order valence-corrected chi connectivity index (χ0v) is 12.0. The molecule has 0 atom stereocenters. The molecule has 0 aliphatic rings. The minimum absolute atomic E-state index is 0.152. The molecule has 0 saturated carbocycles. The van der Waals surface area contributed by atoms with Gasteiger partial charge in [0.05, 0.1) is 11.9 Å². The molecule has 0 radical (unpaired) electrons. The van der Waals surface area contributed by atoms with Crippen molar-refractivity contribution in [2.45, 2.75) is 33.0 Å². The van der Waals surface area contributed by atoms with Crippen LogP contribution in [0.5, 0.6) is 0 Å². The molecule has 0 amide bonds. The molecule has 3 nitrogen and oxygen atoms in total. The van der Waals surface area contributed by atoms with Crippen molar-refractivity contribution in [3.63, 3.8) is 0 Å². The van der Waals surface area contributed by atoms with E-state index >= 15 is 0 Å². The van der Waals surface area contributed by atoms with Crippen molar-refractivity contribution in [1.29, 1.82) is 0 Å². The SMILES string of the molecule is CCNCc1cnn(-c2ccccc2CC)c1C(F)(F)F. The fourth-order valence-corrected chi connectivity index (χ4v) is 2.27. The lowest BCUT2D eigenvalue weighted by Gasteiger charge is -2.15. The second-order valence-electron chi connectivity index (χ2n) is 4.69. The number of benzene rings is 1. The number of alkyl halides is 3. The number of nitrogens with one attached hydrogen (secondary N) is 1. The second kappa shape index (κ2) is 6.30. The average Bonchev–Trinajstić information content (AvgIpc) is 2.88. The number of hydrogen-bond acceptors (Lipinski definition) is 2. The van der Waals surface area contributed by atoms with Gasteiger partial charge in [0.25, 0.3) is 0 Å². The summed E-state index contributed by atoms with van der Waals surface area (Å²) in [7, 11) is 0. The molecule has 2 rings (SSSR count). The topological polar surface area (TPSA) is 29.9 Å². The Balaban J connectivity index is 2.56. The number of aromatic nitrogens is 2. The van der Waals surface area contributed by atoms with Crippen LogP contribution in [0.3, 0.4) is 0 Å². The van der Waals surface area contributed by atoms with Crippen molar-refractivity contribution >= 4 is 0 Å². The van der Waals surface area contributed by atoms with Gasteiger partial charge in [-0.1, -0.05) is 32.0 Å². The molecule has 0 fully saturated rings. The van der Waals surface area contributed by atoms with E-state index in [1.165, 1.54) is 6.20 Å². The molecule has 21 heavy (non-hydrogen) atoms. The Hall–Kier alpha value is -1.82. The predicted octanol–water partition coefficient (Wildman–Crippen LogP) is 3.56. The molecule has 1 N–H and O–H groups in total. The third-order valence-corrected chi connectivity index (χ3v) is 3.28. The molecule has 0 spiro atoms. The molecule has 0 aliphatic heterocycles. The third kappa shape index (κ3) is 3.26. The highest BCUT2D eigenvalue weighted by Gasteiger charge is 2.38. The standard InChI is InChI=1S/C15H18F3N3/c1-3-11-7-5-6-8-13(11)21-14(15(16,17)18)12(10-20-21)9-19-4-2/h5-8,10,19H,3-4,9H2,1-2H3. The highest BCUT2D eigenvalue weighted by molar-refractivity contribution is 5.43. The molecular weight excluding hydrogens is 279 g/mol. The molecule has 2 aromatic rings. The first kappa shape index (κ1) is 15.6. The van der Waals surface area contributed by atoms with Gasteiger partial charge in [0.15, 0.2) is 5.69 Å². The Labute approximate surface area is 121 Å². The van der Waals surface area contributed by atoms with Gasteiger partial charge in [-0.15, -0.1) is 0 Å². The minimum Gasteiger partial charge on any atom is -0.313 e. The van der Waals surface area contributed by atoms with Crippen LogP contribution in [-0.2, 0) is 19.1 Å². The zero-order chi connectivity index (χ0) is 15.5. The molecule has 6 heteroatoms. The van der Waals surface area contributed by atoms with E-state index in [1.807, 2.05) is 26.0 Å². The first-order valence-electron chi connectivity index (χ1n) is 6.92. The molecule has 0 aliphatic carbocycles. The van der Waals surface area contributed by atoms with Gasteiger partial charge in [0, 0.05) is 12.1 Å². The van der Waals surface area contributed by atoms with Crippen LogP contribution in [0, 0.1) is 0 Å². The van der Waals surface area contributed by atoms with Crippen molar-refractivity contribution in [2.75, 3.05) is 6.54 Å². The van der Waals surface area contributed by atoms with E-state index in [2.05, 4.69) is 10.4 Å². The number of para-hydroxylation sites is 1. The zero-order valence-electron chi connectivity index (χ0n) is 12.0. The van der Waals surface area contributed by atoms with E-state index < -0.39 is 11.9 Å². The van der Waals surface area contributed by atoms with Gasteiger partial charge >= 0.3 is 6.18 Å². The number of nitrogens with zero attached hydrogens (tertiary/aromatic N) is 2. The molecule has 0 saturated heterocycles. The first-order chi connectivity index (χ1) is 9.99. The lowest BCUT2D eigenvalue weighted by atomic mass is 10.1. The average molecular weight is 297 g/mol. The summed E-state index contributed by atoms with van der Waals surface area (Å²) < 4.78 is 41.2. The van der Waals surface area contributed by atoms with Crippen molar-refractivity contribution in [3.8, 4) is 5.69 Å². The Morgan fingerprint density at radius 1 is 1.14 bits per heavy atom. The van der Waals surface area contributed by atoms with Gasteiger partial charge in [0.2, 0.25) is 0 Å². The van der Waals surface area contributed by atoms with Crippen molar-refractivity contribution in [2.24, 2.45) is 0 Å². The molecule has 1 heterocycles. The smallest absolute Gasteiger partial charge is 0.313 e. The monoisotopic (exact) mass is 297 g/mol. The van der Waals surface area contributed by atoms with Crippen molar-refractivity contribution in [3.05, 3.63) is 47.3 Å². The summed E-state index contributed by atoms with van der Waals surface area (Å²) >= 11 is 0. The number of aryl methyl sites for hydroxylation is 1. The van der Waals surface area contributed by atoms with Crippen LogP contribution >= 0.6 is 0 Å². The lowest BCUT2D eigenvalue weighted by molar-refractivity contribution is -0.143. The number of rotatable bonds is 5. The van der Waals surface area contributed by atoms with E-state index in [0.29, 0.717) is 18.7 Å². The van der Waals surface area contributed by atoms with E-state index in [-0.39, 0.29) is 12.1 Å². The molecule has 1 aromatic heterocycles. The van der Waals surface area contributed by atoms with E-state index in [1.54, 1.807) is 12.1 Å². The Morgan fingerprint density at radius 2 is 1.86 bits per heavy atom. The largest absolute Gasteiger partial charge is 0.433 e. The van der Waals surface area contributed by atoms with Gasteiger partial charge in [-0.25, -0.2) is 4.68 Å². The maximum atomic E-state index is 13.4. The van der Waals surface area contributed by atoms with Crippen LogP contribution in [0.1, 0.15) is 30.7 Å². The molecular formula is C15H18F3N3. The van der Waals surface area contributed by atoms with E-state index in [9.17, 15) is 13.2 Å². The van der Waals surface area contributed by atoms with Crippen LogP contribution in [0.15, 0.2) is 30.5 Å². The van der Waals surface area contributed by atoms with Crippen LogP contribution in [0.4, 0.5) is 13.2 Å².